The molecule has 2 aromatic rings. The van der Waals surface area contributed by atoms with Crippen molar-refractivity contribution in [3.05, 3.63) is 63.7 Å². The Balaban J connectivity index is 0.000000852. The summed E-state index contributed by atoms with van der Waals surface area (Å²) in [5, 5.41) is 31.5. The number of nitro benzene ring substituents is 1. The standard InChI is InChI=1S/C20H25N6O2.CH4O4S/c1-26(2,3)13-12-22-11-10-16-4-6-18(7-5-16)23-24-20-9-8-19(25(27)28)14-17(20)15-21;1-5-6(2,3)4/h4-9,14,22H,10-13H2,1-3H3;1H3,(H,2,3,4)/q+1;/p-1. The fourth-order valence-corrected chi connectivity index (χ4v) is 2.43. The van der Waals surface area contributed by atoms with Crippen molar-refractivity contribution in [1.82, 2.24) is 5.32 Å². The molecule has 0 aromatic heterocycles. The molecule has 0 radical (unpaired) electrons. The number of quaternary nitrogens is 1. The van der Waals surface area contributed by atoms with Gasteiger partial charge in [0.25, 0.3) is 5.69 Å². The highest BCUT2D eigenvalue weighted by Crippen LogP contribution is 2.26. The van der Waals surface area contributed by atoms with Crippen molar-refractivity contribution in [1.29, 1.82) is 5.26 Å². The molecular formula is C21H28N6O6S. The minimum Gasteiger partial charge on any atom is -0.726 e. The minimum absolute atomic E-state index is 0.120. The van der Waals surface area contributed by atoms with Crippen molar-refractivity contribution < 1.29 is 26.6 Å². The fourth-order valence-electron chi connectivity index (χ4n) is 2.43. The molecule has 0 saturated carbocycles. The van der Waals surface area contributed by atoms with Gasteiger partial charge in [-0.3, -0.25) is 14.3 Å². The van der Waals surface area contributed by atoms with Gasteiger partial charge in [0.1, 0.15) is 11.8 Å². The molecule has 0 aliphatic rings. The first-order valence-electron chi connectivity index (χ1n) is 10.1. The molecule has 184 valence electrons. The molecule has 12 nitrogen and oxygen atoms in total. The van der Waals surface area contributed by atoms with E-state index in [2.05, 4.69) is 40.9 Å². The van der Waals surface area contributed by atoms with Gasteiger partial charge in [0.2, 0.25) is 10.4 Å². The van der Waals surface area contributed by atoms with Gasteiger partial charge in [0.15, 0.2) is 0 Å². The second kappa shape index (κ2) is 13.4. The number of benzene rings is 2. The summed E-state index contributed by atoms with van der Waals surface area (Å²) in [5.74, 6) is 0. The van der Waals surface area contributed by atoms with Gasteiger partial charge in [-0.05, 0) is 36.7 Å². The monoisotopic (exact) mass is 492 g/mol. The first-order valence-corrected chi connectivity index (χ1v) is 11.4. The van der Waals surface area contributed by atoms with Crippen molar-refractivity contribution in [2.75, 3.05) is 47.9 Å². The van der Waals surface area contributed by atoms with Crippen molar-refractivity contribution in [2.45, 2.75) is 6.42 Å². The molecule has 0 fully saturated rings. The van der Waals surface area contributed by atoms with Crippen molar-refractivity contribution in [3.8, 4) is 6.07 Å². The summed E-state index contributed by atoms with van der Waals surface area (Å²) >= 11 is 0. The molecule has 2 aromatic carbocycles. The molecule has 0 saturated heterocycles. The molecule has 2 rings (SSSR count). The van der Waals surface area contributed by atoms with Crippen LogP contribution < -0.4 is 5.32 Å². The number of nitrogens with one attached hydrogen (secondary N) is 1. The van der Waals surface area contributed by atoms with Crippen molar-refractivity contribution in [3.63, 3.8) is 0 Å². The average molecular weight is 493 g/mol. The van der Waals surface area contributed by atoms with Gasteiger partial charge in [-0.1, -0.05) is 12.1 Å². The number of non-ortho nitro benzene ring substituents is 1. The van der Waals surface area contributed by atoms with Gasteiger partial charge in [-0.25, -0.2) is 8.42 Å². The van der Waals surface area contributed by atoms with E-state index in [0.29, 0.717) is 11.4 Å². The van der Waals surface area contributed by atoms with E-state index in [1.807, 2.05) is 30.3 Å². The zero-order valence-electron chi connectivity index (χ0n) is 19.5. The predicted octanol–water partition coefficient (Wildman–Crippen LogP) is 2.81. The highest BCUT2D eigenvalue weighted by molar-refractivity contribution is 7.80. The van der Waals surface area contributed by atoms with E-state index in [0.717, 1.165) is 37.6 Å². The second-order valence-corrected chi connectivity index (χ2v) is 9.18. The van der Waals surface area contributed by atoms with Crippen LogP contribution in [-0.4, -0.2) is 70.3 Å². The third-order valence-electron chi connectivity index (χ3n) is 4.27. The normalized spacial score (nSPS) is 11.5. The number of hydrogen-bond donors (Lipinski definition) is 1. The van der Waals surface area contributed by atoms with E-state index in [9.17, 15) is 23.1 Å². The zero-order valence-corrected chi connectivity index (χ0v) is 20.3. The van der Waals surface area contributed by atoms with Gasteiger partial charge in [-0.15, -0.1) is 5.11 Å². The van der Waals surface area contributed by atoms with Crippen LogP contribution in [0.2, 0.25) is 0 Å². The van der Waals surface area contributed by atoms with Crippen LogP contribution in [-0.2, 0) is 21.0 Å². The number of azo groups is 1. The Morgan fingerprint density at radius 3 is 2.24 bits per heavy atom. The van der Waals surface area contributed by atoms with E-state index >= 15 is 0 Å². The lowest BCUT2D eigenvalue weighted by molar-refractivity contribution is -0.869. The van der Waals surface area contributed by atoms with E-state index < -0.39 is 15.3 Å². The highest BCUT2D eigenvalue weighted by Gasteiger charge is 2.10. The van der Waals surface area contributed by atoms with Crippen LogP contribution in [0.5, 0.6) is 0 Å². The summed E-state index contributed by atoms with van der Waals surface area (Å²) < 4.78 is 32.0. The SMILES string of the molecule is COS(=O)(=O)[O-].C[N+](C)(C)CCNCCc1ccc(N=Nc2ccc([N+](=O)[O-])cc2C#N)cc1. The lowest BCUT2D eigenvalue weighted by atomic mass is 10.1. The van der Waals surface area contributed by atoms with Gasteiger partial charge in [0, 0.05) is 18.7 Å². The molecule has 34 heavy (non-hydrogen) atoms. The summed E-state index contributed by atoms with van der Waals surface area (Å²) in [7, 11) is 2.91. The van der Waals surface area contributed by atoms with Crippen molar-refractivity contribution >= 4 is 27.5 Å². The summed E-state index contributed by atoms with van der Waals surface area (Å²) in [6, 6.07) is 13.6. The maximum absolute atomic E-state index is 10.8. The molecule has 0 unspecified atom stereocenters. The molecule has 13 heteroatoms. The fraction of sp³-hybridized carbons (Fsp3) is 0.381. The minimum atomic E-state index is -4.41. The zero-order chi connectivity index (χ0) is 25.8. The molecule has 0 spiro atoms. The van der Waals surface area contributed by atoms with Crippen LogP contribution in [0.4, 0.5) is 17.1 Å². The van der Waals surface area contributed by atoms with Crippen LogP contribution in [0, 0.1) is 21.4 Å². The van der Waals surface area contributed by atoms with Crippen LogP contribution >= 0.6 is 0 Å². The summed E-state index contributed by atoms with van der Waals surface area (Å²) in [6.45, 7) is 2.97. The predicted molar refractivity (Wildman–Crippen MR) is 125 cm³/mol. The molecular weight excluding hydrogens is 464 g/mol. The number of rotatable bonds is 10. The Morgan fingerprint density at radius 1 is 1.12 bits per heavy atom. The summed E-state index contributed by atoms with van der Waals surface area (Å²) in [5.41, 5.74) is 2.14. The van der Waals surface area contributed by atoms with Gasteiger partial charge in [0.05, 0.1) is 51.0 Å². The van der Waals surface area contributed by atoms with E-state index in [4.69, 9.17) is 5.26 Å². The van der Waals surface area contributed by atoms with Gasteiger partial charge >= 0.3 is 0 Å². The van der Waals surface area contributed by atoms with Gasteiger partial charge in [-0.2, -0.15) is 10.4 Å². The Morgan fingerprint density at radius 2 is 1.74 bits per heavy atom. The maximum atomic E-state index is 10.8. The van der Waals surface area contributed by atoms with E-state index in [1.54, 1.807) is 0 Å². The summed E-state index contributed by atoms with van der Waals surface area (Å²) in [4.78, 5) is 10.2. The first kappa shape index (κ1) is 28.8. The molecule has 0 heterocycles. The topological polar surface area (TPSA) is 170 Å². The number of nitriles is 1. The van der Waals surface area contributed by atoms with Crippen LogP contribution in [0.15, 0.2) is 52.7 Å². The lowest BCUT2D eigenvalue weighted by Gasteiger charge is -2.23. The smallest absolute Gasteiger partial charge is 0.270 e. The highest BCUT2D eigenvalue weighted by atomic mass is 32.3. The lowest BCUT2D eigenvalue weighted by Crippen LogP contribution is -2.40. The molecule has 0 bridgehead atoms. The Kier molecular flexibility index (Phi) is 11.4. The van der Waals surface area contributed by atoms with Crippen molar-refractivity contribution in [2.24, 2.45) is 10.2 Å². The average Bonchev–Trinajstić information content (AvgIpc) is 2.77. The summed E-state index contributed by atoms with van der Waals surface area (Å²) in [6.07, 6.45) is 0.926. The Hall–Kier alpha value is -3.28. The number of nitrogens with zero attached hydrogens (tertiary/aromatic N) is 5. The molecule has 0 aliphatic carbocycles. The molecule has 0 amide bonds. The van der Waals surface area contributed by atoms with E-state index in [-0.39, 0.29) is 11.3 Å². The number of nitro groups is 1. The second-order valence-electron chi connectivity index (χ2n) is 8.03. The van der Waals surface area contributed by atoms with Crippen LogP contribution in [0.25, 0.3) is 0 Å². The van der Waals surface area contributed by atoms with Crippen LogP contribution in [0.1, 0.15) is 11.1 Å². The van der Waals surface area contributed by atoms with E-state index in [1.165, 1.54) is 23.8 Å². The van der Waals surface area contributed by atoms with Crippen LogP contribution in [0.3, 0.4) is 0 Å². The first-order chi connectivity index (χ1) is 15.8. The Labute approximate surface area is 199 Å². The number of hydrogen-bond acceptors (Lipinski definition) is 10. The molecule has 1 N–H and O–H groups in total. The largest absolute Gasteiger partial charge is 0.726 e. The third kappa shape index (κ3) is 12.1. The molecule has 0 aliphatic heterocycles. The quantitative estimate of drug-likeness (QED) is 0.100. The molecule has 0 atom stereocenters. The number of likely N-dealkylation sites (N-methyl/N-ethyl adjacent to an activating group) is 1. The Bertz CT molecular complexity index is 1120. The van der Waals surface area contributed by atoms with Gasteiger partial charge < -0.3 is 14.4 Å². The third-order valence-corrected chi connectivity index (χ3v) is 4.68. The maximum Gasteiger partial charge on any atom is 0.270 e.